The maximum Gasteiger partial charge on any atom is 0.251 e. The van der Waals surface area contributed by atoms with Crippen LogP contribution >= 0.6 is 0 Å². The molecule has 1 aliphatic heterocycles. The van der Waals surface area contributed by atoms with Gasteiger partial charge < -0.3 is 10.1 Å². The van der Waals surface area contributed by atoms with Crippen molar-refractivity contribution in [1.29, 1.82) is 0 Å². The number of halogens is 1. The van der Waals surface area contributed by atoms with E-state index < -0.39 is 26.6 Å². The molecule has 8 heteroatoms. The predicted molar refractivity (Wildman–Crippen MR) is 73.8 cm³/mol. The van der Waals surface area contributed by atoms with Gasteiger partial charge in [-0.3, -0.25) is 4.79 Å². The van der Waals surface area contributed by atoms with E-state index in [1.807, 2.05) is 0 Å². The minimum atomic E-state index is -4.22. The van der Waals surface area contributed by atoms with Gasteiger partial charge in [-0.1, -0.05) is 0 Å². The van der Waals surface area contributed by atoms with Crippen LogP contribution in [0.4, 0.5) is 4.39 Å². The van der Waals surface area contributed by atoms with Crippen LogP contribution in [0.5, 0.6) is 0 Å². The van der Waals surface area contributed by atoms with Gasteiger partial charge in [-0.05, 0) is 37.5 Å². The number of carbonyl (C=O) groups excluding carboxylic acids is 1. The summed E-state index contributed by atoms with van der Waals surface area (Å²) in [4.78, 5) is 11.5. The fourth-order valence-electron chi connectivity index (χ4n) is 2.20. The lowest BCUT2D eigenvalue weighted by atomic mass is 10.1. The summed E-state index contributed by atoms with van der Waals surface area (Å²) in [5.74, 6) is -1.41. The number of sulfonamides is 1. The Morgan fingerprint density at radius 3 is 2.76 bits per heavy atom. The standard InChI is InChI=1S/C13H17FN2O4S/c1-8-5-9(6-11(12(8)14)21(15,18)19)13(17)16-10-3-2-4-20-7-10/h5-6,10H,2-4,7H2,1H3,(H,16,17)(H2,15,18,19). The average molecular weight is 316 g/mol. The van der Waals surface area contributed by atoms with Crippen molar-refractivity contribution < 1.29 is 22.3 Å². The molecule has 1 aromatic rings. The zero-order valence-corrected chi connectivity index (χ0v) is 12.4. The van der Waals surface area contributed by atoms with Crippen LogP contribution in [0.2, 0.25) is 0 Å². The number of aryl methyl sites for hydroxylation is 1. The first kappa shape index (κ1) is 15.9. The van der Waals surface area contributed by atoms with Crippen molar-refractivity contribution in [3.8, 4) is 0 Å². The molecule has 1 heterocycles. The molecule has 21 heavy (non-hydrogen) atoms. The summed E-state index contributed by atoms with van der Waals surface area (Å²) in [5.41, 5.74) is 0.107. The second-order valence-electron chi connectivity index (χ2n) is 5.04. The summed E-state index contributed by atoms with van der Waals surface area (Å²) in [5, 5.41) is 7.70. The SMILES string of the molecule is Cc1cc(C(=O)NC2CCCOC2)cc(S(N)(=O)=O)c1F. The zero-order chi connectivity index (χ0) is 15.6. The number of ether oxygens (including phenoxy) is 1. The first-order valence-corrected chi connectivity index (χ1v) is 8.05. The fraction of sp³-hybridized carbons (Fsp3) is 0.462. The van der Waals surface area contributed by atoms with Gasteiger partial charge in [0.05, 0.1) is 12.6 Å². The lowest BCUT2D eigenvalue weighted by Crippen LogP contribution is -2.40. The molecule has 0 aromatic heterocycles. The van der Waals surface area contributed by atoms with Crippen molar-refractivity contribution in [3.63, 3.8) is 0 Å². The molecule has 0 saturated carbocycles. The summed E-state index contributed by atoms with van der Waals surface area (Å²) < 4.78 is 41.8. The number of nitrogens with one attached hydrogen (secondary N) is 1. The normalized spacial score (nSPS) is 19.3. The van der Waals surface area contributed by atoms with Crippen LogP contribution in [-0.2, 0) is 14.8 Å². The minimum Gasteiger partial charge on any atom is -0.379 e. The molecular formula is C13H17FN2O4S. The van der Waals surface area contributed by atoms with Crippen LogP contribution in [0.25, 0.3) is 0 Å². The van der Waals surface area contributed by atoms with Crippen molar-refractivity contribution >= 4 is 15.9 Å². The summed E-state index contributed by atoms with van der Waals surface area (Å²) in [7, 11) is -4.22. The Bertz CT molecular complexity index is 654. The number of amides is 1. The van der Waals surface area contributed by atoms with Crippen LogP contribution in [0.3, 0.4) is 0 Å². The van der Waals surface area contributed by atoms with Crippen LogP contribution in [0.1, 0.15) is 28.8 Å². The second-order valence-corrected chi connectivity index (χ2v) is 6.57. The molecule has 0 spiro atoms. The van der Waals surface area contributed by atoms with Crippen LogP contribution in [0, 0.1) is 12.7 Å². The smallest absolute Gasteiger partial charge is 0.251 e. The summed E-state index contributed by atoms with van der Waals surface area (Å²) in [6.45, 7) is 2.45. The molecule has 0 radical (unpaired) electrons. The van der Waals surface area contributed by atoms with Crippen molar-refractivity contribution in [2.75, 3.05) is 13.2 Å². The van der Waals surface area contributed by atoms with Crippen LogP contribution in [0.15, 0.2) is 17.0 Å². The molecule has 2 rings (SSSR count). The van der Waals surface area contributed by atoms with Crippen molar-refractivity contribution in [1.82, 2.24) is 5.32 Å². The number of hydrogen-bond donors (Lipinski definition) is 2. The molecule has 1 fully saturated rings. The predicted octanol–water partition coefficient (Wildman–Crippen LogP) is 0.690. The van der Waals surface area contributed by atoms with Crippen molar-refractivity contribution in [2.45, 2.75) is 30.7 Å². The Hall–Kier alpha value is -1.51. The summed E-state index contributed by atoms with van der Waals surface area (Å²) in [6, 6.07) is 2.12. The molecule has 1 amide bonds. The van der Waals surface area contributed by atoms with E-state index in [1.54, 1.807) is 0 Å². The highest BCUT2D eigenvalue weighted by Crippen LogP contribution is 2.19. The van der Waals surface area contributed by atoms with Gasteiger partial charge in [-0.15, -0.1) is 0 Å². The average Bonchev–Trinajstić information content (AvgIpc) is 2.41. The number of nitrogens with two attached hydrogens (primary N) is 1. The number of carbonyl (C=O) groups is 1. The van der Waals surface area contributed by atoms with Gasteiger partial charge >= 0.3 is 0 Å². The topological polar surface area (TPSA) is 98.5 Å². The van der Waals surface area contributed by atoms with Gasteiger partial charge in [-0.25, -0.2) is 17.9 Å². The van der Waals surface area contributed by atoms with E-state index in [4.69, 9.17) is 9.88 Å². The molecule has 1 aliphatic rings. The van der Waals surface area contributed by atoms with Gasteiger partial charge in [0.2, 0.25) is 10.0 Å². The lowest BCUT2D eigenvalue weighted by molar-refractivity contribution is 0.0624. The Labute approximate surface area is 122 Å². The van der Waals surface area contributed by atoms with E-state index in [9.17, 15) is 17.6 Å². The maximum atomic E-state index is 13.8. The molecule has 1 saturated heterocycles. The molecule has 3 N–H and O–H groups in total. The largest absolute Gasteiger partial charge is 0.379 e. The Morgan fingerprint density at radius 2 is 2.19 bits per heavy atom. The van der Waals surface area contributed by atoms with Gasteiger partial charge in [0.1, 0.15) is 10.7 Å². The van der Waals surface area contributed by atoms with E-state index in [-0.39, 0.29) is 17.2 Å². The second kappa shape index (κ2) is 6.08. The van der Waals surface area contributed by atoms with E-state index >= 15 is 0 Å². The number of primary sulfonamides is 1. The Morgan fingerprint density at radius 1 is 1.48 bits per heavy atom. The quantitative estimate of drug-likeness (QED) is 0.857. The molecular weight excluding hydrogens is 299 g/mol. The molecule has 116 valence electrons. The highest BCUT2D eigenvalue weighted by Gasteiger charge is 2.22. The maximum absolute atomic E-state index is 13.8. The van der Waals surface area contributed by atoms with Crippen molar-refractivity contribution in [2.24, 2.45) is 5.14 Å². The van der Waals surface area contributed by atoms with E-state index in [0.29, 0.717) is 13.2 Å². The lowest BCUT2D eigenvalue weighted by Gasteiger charge is -2.23. The molecule has 1 atom stereocenters. The monoisotopic (exact) mass is 316 g/mol. The van der Waals surface area contributed by atoms with E-state index in [0.717, 1.165) is 18.9 Å². The van der Waals surface area contributed by atoms with Crippen molar-refractivity contribution in [3.05, 3.63) is 29.1 Å². The molecule has 0 aliphatic carbocycles. The van der Waals surface area contributed by atoms with E-state index in [2.05, 4.69) is 5.32 Å². The fourth-order valence-corrected chi connectivity index (χ4v) is 2.90. The minimum absolute atomic E-state index is 0.0477. The Balaban J connectivity index is 2.27. The third-order valence-electron chi connectivity index (χ3n) is 3.29. The van der Waals surface area contributed by atoms with Gasteiger partial charge in [0.25, 0.3) is 5.91 Å². The number of rotatable bonds is 3. The third-order valence-corrected chi connectivity index (χ3v) is 4.20. The zero-order valence-electron chi connectivity index (χ0n) is 11.6. The Kier molecular flexibility index (Phi) is 4.60. The molecule has 1 aromatic carbocycles. The van der Waals surface area contributed by atoms with Crippen LogP contribution < -0.4 is 10.5 Å². The highest BCUT2D eigenvalue weighted by atomic mass is 32.2. The first-order chi connectivity index (χ1) is 9.79. The summed E-state index contributed by atoms with van der Waals surface area (Å²) >= 11 is 0. The molecule has 6 nitrogen and oxygen atoms in total. The van der Waals surface area contributed by atoms with Gasteiger partial charge in [-0.2, -0.15) is 0 Å². The number of hydrogen-bond acceptors (Lipinski definition) is 4. The summed E-state index contributed by atoms with van der Waals surface area (Å²) in [6.07, 6.45) is 1.63. The molecule has 0 bridgehead atoms. The first-order valence-electron chi connectivity index (χ1n) is 6.50. The third kappa shape index (κ3) is 3.78. The van der Waals surface area contributed by atoms with E-state index in [1.165, 1.54) is 13.0 Å². The number of benzene rings is 1. The van der Waals surface area contributed by atoms with Gasteiger partial charge in [0, 0.05) is 12.2 Å². The van der Waals surface area contributed by atoms with Gasteiger partial charge in [0.15, 0.2) is 0 Å². The highest BCUT2D eigenvalue weighted by molar-refractivity contribution is 7.89. The van der Waals surface area contributed by atoms with Crippen LogP contribution in [-0.4, -0.2) is 33.6 Å². The molecule has 1 unspecified atom stereocenters.